The Bertz CT molecular complexity index is 791. The van der Waals surface area contributed by atoms with Crippen molar-refractivity contribution < 1.29 is 18.8 Å². The molecule has 2 N–H and O–H groups in total. The van der Waals surface area contributed by atoms with Gasteiger partial charge in [-0.25, -0.2) is 0 Å². The van der Waals surface area contributed by atoms with Crippen LogP contribution >= 0.6 is 0 Å². The van der Waals surface area contributed by atoms with E-state index in [-0.39, 0.29) is 11.0 Å². The average Bonchev–Trinajstić information content (AvgIpc) is 2.89. The maximum atomic E-state index is 14.3. The van der Waals surface area contributed by atoms with Crippen molar-refractivity contribution in [1.82, 2.24) is 9.78 Å². The smallest absolute Gasteiger partial charge is 0.423 e. The van der Waals surface area contributed by atoms with E-state index in [0.717, 1.165) is 4.68 Å². The molecule has 0 unspecified atom stereocenters. The molecule has 0 radical (unpaired) electrons. The standard InChI is InChI=1S/C15H13BF2N2O2/c17-15(18,11-5-2-1-3-6-11)10-20-9-12-13(16(21)22)7-4-8-14(12)19-20/h1-9,21-22H,10H2. The van der Waals surface area contributed by atoms with Crippen LogP contribution in [0.2, 0.25) is 0 Å². The molecule has 0 saturated heterocycles. The first-order valence-electron chi connectivity index (χ1n) is 6.73. The van der Waals surface area contributed by atoms with Gasteiger partial charge in [-0.3, -0.25) is 4.68 Å². The van der Waals surface area contributed by atoms with E-state index in [2.05, 4.69) is 5.10 Å². The first-order valence-corrected chi connectivity index (χ1v) is 6.73. The van der Waals surface area contributed by atoms with Gasteiger partial charge in [0.05, 0.1) is 5.52 Å². The molecule has 0 spiro atoms. The zero-order valence-corrected chi connectivity index (χ0v) is 11.5. The zero-order chi connectivity index (χ0) is 15.7. The SMILES string of the molecule is OB(O)c1cccc2nn(CC(F)(F)c3ccccc3)cc12. The highest BCUT2D eigenvalue weighted by atomic mass is 19.3. The first-order chi connectivity index (χ1) is 10.5. The number of alkyl halides is 2. The van der Waals surface area contributed by atoms with E-state index in [1.807, 2.05) is 0 Å². The highest BCUT2D eigenvalue weighted by molar-refractivity contribution is 6.61. The molecule has 0 aliphatic heterocycles. The number of hydrogen-bond acceptors (Lipinski definition) is 3. The average molecular weight is 302 g/mol. The molecule has 0 atom stereocenters. The Balaban J connectivity index is 1.96. The predicted octanol–water partition coefficient (Wildman–Crippen LogP) is 1.51. The van der Waals surface area contributed by atoms with Gasteiger partial charge in [-0.15, -0.1) is 0 Å². The summed E-state index contributed by atoms with van der Waals surface area (Å²) < 4.78 is 29.7. The number of nitrogens with zero attached hydrogens (tertiary/aromatic N) is 2. The van der Waals surface area contributed by atoms with Gasteiger partial charge in [-0.1, -0.05) is 42.5 Å². The third-order valence-corrected chi connectivity index (χ3v) is 3.47. The third-order valence-electron chi connectivity index (χ3n) is 3.47. The summed E-state index contributed by atoms with van der Waals surface area (Å²) >= 11 is 0. The normalized spacial score (nSPS) is 11.8. The lowest BCUT2D eigenvalue weighted by atomic mass is 9.78. The Kier molecular flexibility index (Phi) is 3.68. The van der Waals surface area contributed by atoms with Crippen LogP contribution < -0.4 is 5.46 Å². The summed E-state index contributed by atoms with van der Waals surface area (Å²) in [5, 5.41) is 23.2. The van der Waals surface area contributed by atoms with E-state index in [1.165, 1.54) is 24.4 Å². The topological polar surface area (TPSA) is 58.3 Å². The van der Waals surface area contributed by atoms with Crippen LogP contribution in [-0.4, -0.2) is 26.9 Å². The van der Waals surface area contributed by atoms with Gasteiger partial charge in [0.25, 0.3) is 5.92 Å². The zero-order valence-electron chi connectivity index (χ0n) is 11.5. The van der Waals surface area contributed by atoms with Gasteiger partial charge in [0, 0.05) is 17.1 Å². The largest absolute Gasteiger partial charge is 0.489 e. The number of rotatable bonds is 4. The van der Waals surface area contributed by atoms with Crippen molar-refractivity contribution in [3.8, 4) is 0 Å². The lowest BCUT2D eigenvalue weighted by Gasteiger charge is -2.16. The molecule has 2 aromatic carbocycles. The number of benzene rings is 2. The number of hydrogen-bond donors (Lipinski definition) is 2. The van der Waals surface area contributed by atoms with Crippen molar-refractivity contribution in [2.45, 2.75) is 12.5 Å². The summed E-state index contributed by atoms with van der Waals surface area (Å²) in [4.78, 5) is 0. The molecule has 0 bridgehead atoms. The maximum absolute atomic E-state index is 14.3. The summed E-state index contributed by atoms with van der Waals surface area (Å²) in [7, 11) is -1.67. The molecule has 4 nitrogen and oxygen atoms in total. The quantitative estimate of drug-likeness (QED) is 0.718. The summed E-state index contributed by atoms with van der Waals surface area (Å²) in [5.41, 5.74) is 0.596. The van der Waals surface area contributed by atoms with E-state index in [9.17, 15) is 18.8 Å². The molecule has 0 fully saturated rings. The maximum Gasteiger partial charge on any atom is 0.489 e. The van der Waals surface area contributed by atoms with E-state index >= 15 is 0 Å². The van der Waals surface area contributed by atoms with Gasteiger partial charge < -0.3 is 10.0 Å². The van der Waals surface area contributed by atoms with Crippen molar-refractivity contribution in [3.05, 3.63) is 60.3 Å². The summed E-state index contributed by atoms with van der Waals surface area (Å²) in [5.74, 6) is -3.07. The monoisotopic (exact) mass is 302 g/mol. The van der Waals surface area contributed by atoms with E-state index in [4.69, 9.17) is 0 Å². The molecule has 3 rings (SSSR count). The van der Waals surface area contributed by atoms with Gasteiger partial charge in [0.15, 0.2) is 0 Å². The molecular formula is C15H13BF2N2O2. The fourth-order valence-electron chi connectivity index (χ4n) is 2.40. The first kappa shape index (κ1) is 14.7. The van der Waals surface area contributed by atoms with Crippen LogP contribution in [0, 0.1) is 0 Å². The second-order valence-corrected chi connectivity index (χ2v) is 5.05. The van der Waals surface area contributed by atoms with Gasteiger partial charge in [-0.2, -0.15) is 13.9 Å². The van der Waals surface area contributed by atoms with Crippen LogP contribution in [0.15, 0.2) is 54.7 Å². The van der Waals surface area contributed by atoms with Gasteiger partial charge in [0.1, 0.15) is 6.54 Å². The predicted molar refractivity (Wildman–Crippen MR) is 79.9 cm³/mol. The summed E-state index contributed by atoms with van der Waals surface area (Å²) in [6.45, 7) is -0.618. The lowest BCUT2D eigenvalue weighted by Crippen LogP contribution is -2.30. The Morgan fingerprint density at radius 2 is 1.77 bits per heavy atom. The molecule has 0 aliphatic rings. The Labute approximate surface area is 125 Å². The van der Waals surface area contributed by atoms with Crippen molar-refractivity contribution in [3.63, 3.8) is 0 Å². The molecule has 0 saturated carbocycles. The number of halogens is 2. The van der Waals surface area contributed by atoms with Crippen LogP contribution in [0.1, 0.15) is 5.56 Å². The summed E-state index contributed by atoms with van der Waals surface area (Å²) in [6, 6.07) is 12.3. The molecule has 3 aromatic rings. The van der Waals surface area contributed by atoms with E-state index in [0.29, 0.717) is 10.9 Å². The minimum absolute atomic E-state index is 0.0861. The molecule has 1 heterocycles. The Morgan fingerprint density at radius 1 is 1.05 bits per heavy atom. The Morgan fingerprint density at radius 3 is 2.45 bits per heavy atom. The van der Waals surface area contributed by atoms with Crippen LogP contribution in [0.4, 0.5) is 8.78 Å². The highest BCUT2D eigenvalue weighted by Crippen LogP contribution is 2.29. The minimum atomic E-state index is -3.07. The number of aromatic nitrogens is 2. The van der Waals surface area contributed by atoms with Crippen LogP contribution in [0.5, 0.6) is 0 Å². The van der Waals surface area contributed by atoms with Gasteiger partial charge in [0.2, 0.25) is 0 Å². The van der Waals surface area contributed by atoms with Crippen LogP contribution in [0.25, 0.3) is 10.9 Å². The molecule has 0 amide bonds. The molecule has 1 aromatic heterocycles. The molecule has 7 heteroatoms. The second-order valence-electron chi connectivity index (χ2n) is 5.05. The van der Waals surface area contributed by atoms with Crippen LogP contribution in [-0.2, 0) is 12.5 Å². The van der Waals surface area contributed by atoms with Crippen molar-refractivity contribution in [2.24, 2.45) is 0 Å². The van der Waals surface area contributed by atoms with Gasteiger partial charge >= 0.3 is 7.12 Å². The molecule has 112 valence electrons. The minimum Gasteiger partial charge on any atom is -0.423 e. The van der Waals surface area contributed by atoms with E-state index < -0.39 is 19.6 Å². The van der Waals surface area contributed by atoms with Crippen molar-refractivity contribution in [1.29, 1.82) is 0 Å². The lowest BCUT2D eigenvalue weighted by molar-refractivity contribution is -0.0252. The van der Waals surface area contributed by atoms with Gasteiger partial charge in [-0.05, 0) is 11.5 Å². The molecular weight excluding hydrogens is 289 g/mol. The van der Waals surface area contributed by atoms with Crippen molar-refractivity contribution in [2.75, 3.05) is 0 Å². The summed E-state index contributed by atoms with van der Waals surface area (Å²) in [6.07, 6.45) is 1.40. The van der Waals surface area contributed by atoms with Crippen molar-refractivity contribution >= 4 is 23.5 Å². The second kappa shape index (κ2) is 5.51. The number of fused-ring (bicyclic) bond motifs is 1. The molecule has 22 heavy (non-hydrogen) atoms. The Hall–Kier alpha value is -2.25. The van der Waals surface area contributed by atoms with Crippen LogP contribution in [0.3, 0.4) is 0 Å². The third kappa shape index (κ3) is 2.73. The van der Waals surface area contributed by atoms with E-state index in [1.54, 1.807) is 30.3 Å². The molecule has 0 aliphatic carbocycles. The fraction of sp³-hybridized carbons (Fsp3) is 0.133. The fourth-order valence-corrected chi connectivity index (χ4v) is 2.40. The highest BCUT2D eigenvalue weighted by Gasteiger charge is 2.32.